The number of carbonyl (C=O) groups excluding carboxylic acids is 1. The maximum atomic E-state index is 11.7. The largest absolute Gasteiger partial charge is 0.444 e. The molecule has 1 aliphatic heterocycles. The lowest BCUT2D eigenvalue weighted by molar-refractivity contribution is 0.0527. The number of anilines is 2. The van der Waals surface area contributed by atoms with Crippen LogP contribution in [0, 0.1) is 0 Å². The van der Waals surface area contributed by atoms with Crippen molar-refractivity contribution in [3.63, 3.8) is 0 Å². The molecule has 0 fully saturated rings. The van der Waals surface area contributed by atoms with Crippen molar-refractivity contribution in [2.45, 2.75) is 52.2 Å². The highest BCUT2D eigenvalue weighted by molar-refractivity contribution is 5.67. The van der Waals surface area contributed by atoms with Crippen molar-refractivity contribution >= 4 is 17.6 Å². The second kappa shape index (κ2) is 8.50. The fraction of sp³-hybridized carbons (Fsp3) is 0.455. The Kier molecular flexibility index (Phi) is 6.07. The molecule has 1 amide bonds. The molecule has 150 valence electrons. The maximum Gasteiger partial charge on any atom is 0.407 e. The molecule has 0 bridgehead atoms. The van der Waals surface area contributed by atoms with E-state index in [-0.39, 0.29) is 6.09 Å². The van der Waals surface area contributed by atoms with Crippen molar-refractivity contribution in [2.75, 3.05) is 23.7 Å². The first-order valence-electron chi connectivity index (χ1n) is 9.84. The van der Waals surface area contributed by atoms with Crippen LogP contribution in [0.25, 0.3) is 0 Å². The average Bonchev–Trinajstić information content (AvgIpc) is 2.63. The highest BCUT2D eigenvalue weighted by atomic mass is 16.6. The van der Waals surface area contributed by atoms with Gasteiger partial charge in [0.05, 0.1) is 0 Å². The maximum absolute atomic E-state index is 11.7. The van der Waals surface area contributed by atoms with E-state index in [1.54, 1.807) is 0 Å². The lowest BCUT2D eigenvalue weighted by atomic mass is 9.99. The van der Waals surface area contributed by atoms with Gasteiger partial charge in [0, 0.05) is 31.5 Å². The number of nitrogens with two attached hydrogens (primary N) is 1. The molecular formula is C22H30N4O2. The number of hydrogen-bond donors (Lipinski definition) is 2. The fourth-order valence-corrected chi connectivity index (χ4v) is 3.35. The molecule has 28 heavy (non-hydrogen) atoms. The van der Waals surface area contributed by atoms with E-state index in [4.69, 9.17) is 10.5 Å². The van der Waals surface area contributed by atoms with Gasteiger partial charge in [-0.05, 0) is 81.0 Å². The summed E-state index contributed by atoms with van der Waals surface area (Å²) in [6.45, 7) is 7.96. The molecule has 0 radical (unpaired) electrons. The van der Waals surface area contributed by atoms with Gasteiger partial charge < -0.3 is 20.7 Å². The van der Waals surface area contributed by atoms with Crippen molar-refractivity contribution in [1.82, 2.24) is 10.3 Å². The molecule has 6 nitrogen and oxygen atoms in total. The molecule has 3 rings (SSSR count). The number of carbonyl (C=O) groups is 1. The molecule has 1 aromatic heterocycles. The summed E-state index contributed by atoms with van der Waals surface area (Å²) < 4.78 is 5.25. The number of hydrogen-bond acceptors (Lipinski definition) is 5. The topological polar surface area (TPSA) is 80.5 Å². The zero-order chi connectivity index (χ0) is 20.1. The third-order valence-electron chi connectivity index (χ3n) is 4.69. The molecular weight excluding hydrogens is 352 g/mol. The average molecular weight is 383 g/mol. The summed E-state index contributed by atoms with van der Waals surface area (Å²) in [5.41, 5.74) is 10.1. The van der Waals surface area contributed by atoms with E-state index in [9.17, 15) is 4.79 Å². The van der Waals surface area contributed by atoms with Gasteiger partial charge in [0.1, 0.15) is 11.4 Å². The normalized spacial score (nSPS) is 13.8. The molecule has 0 aliphatic carbocycles. The van der Waals surface area contributed by atoms with Gasteiger partial charge in [-0.3, -0.25) is 0 Å². The Labute approximate surface area is 167 Å². The molecule has 0 saturated heterocycles. The van der Waals surface area contributed by atoms with Crippen molar-refractivity contribution in [3.8, 4) is 0 Å². The molecule has 1 aliphatic rings. The van der Waals surface area contributed by atoms with Gasteiger partial charge in [0.15, 0.2) is 0 Å². The molecule has 1 aromatic carbocycles. The quantitative estimate of drug-likeness (QED) is 0.609. The summed E-state index contributed by atoms with van der Waals surface area (Å²) in [6, 6.07) is 10.3. The van der Waals surface area contributed by atoms with Crippen LogP contribution in [0.3, 0.4) is 0 Å². The number of nitrogen functional groups attached to an aromatic ring is 1. The molecule has 0 saturated carbocycles. The molecule has 2 aromatic rings. The number of aromatic nitrogens is 1. The summed E-state index contributed by atoms with van der Waals surface area (Å²) in [7, 11) is 0. The number of fused-ring (bicyclic) bond motifs is 1. The van der Waals surface area contributed by atoms with E-state index in [0.29, 0.717) is 6.54 Å². The summed E-state index contributed by atoms with van der Waals surface area (Å²) in [5.74, 6) is 1.00. The predicted octanol–water partition coefficient (Wildman–Crippen LogP) is 3.68. The predicted molar refractivity (Wildman–Crippen MR) is 112 cm³/mol. The van der Waals surface area contributed by atoms with Crippen LogP contribution in [-0.2, 0) is 24.1 Å². The van der Waals surface area contributed by atoms with E-state index < -0.39 is 5.60 Å². The molecule has 2 heterocycles. The van der Waals surface area contributed by atoms with Crippen molar-refractivity contribution in [3.05, 3.63) is 53.2 Å². The zero-order valence-corrected chi connectivity index (χ0v) is 17.0. The first-order chi connectivity index (χ1) is 13.3. The van der Waals surface area contributed by atoms with Gasteiger partial charge in [-0.15, -0.1) is 0 Å². The Bertz CT molecular complexity index is 830. The minimum Gasteiger partial charge on any atom is -0.444 e. The molecule has 0 unspecified atom stereocenters. The highest BCUT2D eigenvalue weighted by Crippen LogP contribution is 2.25. The standard InChI is InChI=1S/C22H30N4O2/c1-22(2,3)28-21(27)25-10-4-5-16-8-11-24-20(13-16)26-12-9-17-14-19(23)7-6-18(17)15-26/h6-8,11,13-14H,4-5,9-10,12,15,23H2,1-3H3,(H,25,27). The first-order valence-corrected chi connectivity index (χ1v) is 9.84. The fourth-order valence-electron chi connectivity index (χ4n) is 3.35. The monoisotopic (exact) mass is 382 g/mol. The second-order valence-corrected chi connectivity index (χ2v) is 8.25. The van der Waals surface area contributed by atoms with Crippen LogP contribution < -0.4 is 16.0 Å². The molecule has 3 N–H and O–H groups in total. The lowest BCUT2D eigenvalue weighted by Gasteiger charge is -2.30. The Balaban J connectivity index is 1.52. The number of nitrogens with zero attached hydrogens (tertiary/aromatic N) is 2. The summed E-state index contributed by atoms with van der Waals surface area (Å²) in [6.07, 6.45) is 4.21. The van der Waals surface area contributed by atoms with E-state index >= 15 is 0 Å². The summed E-state index contributed by atoms with van der Waals surface area (Å²) in [5, 5.41) is 2.81. The van der Waals surface area contributed by atoms with Gasteiger partial charge in [-0.2, -0.15) is 0 Å². The Morgan fingerprint density at radius 2 is 2.07 bits per heavy atom. The van der Waals surface area contributed by atoms with Gasteiger partial charge in [0.2, 0.25) is 0 Å². The van der Waals surface area contributed by atoms with Gasteiger partial charge >= 0.3 is 6.09 Å². The van der Waals surface area contributed by atoms with Crippen molar-refractivity contribution in [2.24, 2.45) is 0 Å². The minimum absolute atomic E-state index is 0.365. The number of nitrogens with one attached hydrogen (secondary N) is 1. The summed E-state index contributed by atoms with van der Waals surface area (Å²) >= 11 is 0. The summed E-state index contributed by atoms with van der Waals surface area (Å²) in [4.78, 5) is 18.6. The SMILES string of the molecule is CC(C)(C)OC(=O)NCCCc1ccnc(N2CCc3cc(N)ccc3C2)c1. The van der Waals surface area contributed by atoms with Gasteiger partial charge in [-0.25, -0.2) is 9.78 Å². The number of aryl methyl sites for hydroxylation is 1. The van der Waals surface area contributed by atoms with Crippen molar-refractivity contribution < 1.29 is 9.53 Å². The van der Waals surface area contributed by atoms with Crippen LogP contribution >= 0.6 is 0 Å². The highest BCUT2D eigenvalue weighted by Gasteiger charge is 2.18. The van der Waals surface area contributed by atoms with Crippen LogP contribution in [0.2, 0.25) is 0 Å². The first kappa shape index (κ1) is 20.0. The second-order valence-electron chi connectivity index (χ2n) is 8.25. The van der Waals surface area contributed by atoms with E-state index in [1.165, 1.54) is 16.7 Å². The van der Waals surface area contributed by atoms with Crippen molar-refractivity contribution in [1.29, 1.82) is 0 Å². The minimum atomic E-state index is -0.469. The number of amides is 1. The smallest absolute Gasteiger partial charge is 0.407 e. The van der Waals surface area contributed by atoms with E-state index in [2.05, 4.69) is 33.4 Å². The van der Waals surface area contributed by atoms with Crippen LogP contribution in [0.1, 0.15) is 43.9 Å². The molecule has 0 atom stereocenters. The van der Waals surface area contributed by atoms with Crippen LogP contribution in [0.4, 0.5) is 16.3 Å². The Morgan fingerprint density at radius 1 is 1.25 bits per heavy atom. The molecule has 6 heteroatoms. The zero-order valence-electron chi connectivity index (χ0n) is 17.0. The number of benzene rings is 1. The van der Waals surface area contributed by atoms with E-state index in [0.717, 1.165) is 43.9 Å². The third-order valence-corrected chi connectivity index (χ3v) is 4.69. The number of rotatable bonds is 5. The molecule has 0 spiro atoms. The number of ether oxygens (including phenoxy) is 1. The van der Waals surface area contributed by atoms with Gasteiger partial charge in [0.25, 0.3) is 0 Å². The Morgan fingerprint density at radius 3 is 2.86 bits per heavy atom. The number of alkyl carbamates (subject to hydrolysis) is 1. The lowest BCUT2D eigenvalue weighted by Crippen LogP contribution is -2.33. The van der Waals surface area contributed by atoms with Crippen LogP contribution in [0.5, 0.6) is 0 Å². The van der Waals surface area contributed by atoms with Crippen LogP contribution in [0.15, 0.2) is 36.5 Å². The van der Waals surface area contributed by atoms with Crippen LogP contribution in [-0.4, -0.2) is 29.8 Å². The van der Waals surface area contributed by atoms with E-state index in [1.807, 2.05) is 39.1 Å². The van der Waals surface area contributed by atoms with Gasteiger partial charge in [-0.1, -0.05) is 6.07 Å². The number of pyridine rings is 1. The third kappa shape index (κ3) is 5.62. The Hall–Kier alpha value is -2.76.